The minimum atomic E-state index is 0.327. The molecule has 0 bridgehead atoms. The van der Waals surface area contributed by atoms with Crippen molar-refractivity contribution in [1.29, 1.82) is 0 Å². The van der Waals surface area contributed by atoms with Gasteiger partial charge >= 0.3 is 0 Å². The van der Waals surface area contributed by atoms with Crippen molar-refractivity contribution < 1.29 is 4.74 Å². The quantitative estimate of drug-likeness (QED) is 0.886. The van der Waals surface area contributed by atoms with Gasteiger partial charge in [-0.1, -0.05) is 12.1 Å². The fourth-order valence-electron chi connectivity index (χ4n) is 2.43. The third kappa shape index (κ3) is 3.03. The van der Waals surface area contributed by atoms with Crippen molar-refractivity contribution in [1.82, 2.24) is 5.32 Å². The largest absolute Gasteiger partial charge is 0.378 e. The maximum Gasteiger partial charge on any atom is 0.0700 e. The van der Waals surface area contributed by atoms with Gasteiger partial charge in [0.1, 0.15) is 0 Å². The zero-order valence-corrected chi connectivity index (χ0v) is 11.8. The molecule has 1 N–H and O–H groups in total. The molecule has 3 unspecified atom stereocenters. The van der Waals surface area contributed by atoms with Gasteiger partial charge in [-0.25, -0.2) is 0 Å². The van der Waals surface area contributed by atoms with Crippen molar-refractivity contribution in [3.8, 4) is 0 Å². The average molecular weight is 248 g/mol. The Labute approximate surface area is 110 Å². The second kappa shape index (κ2) is 5.72. The van der Waals surface area contributed by atoms with Crippen molar-refractivity contribution in [3.63, 3.8) is 0 Å². The number of nitrogens with zero attached hydrogens (tertiary/aromatic N) is 1. The van der Waals surface area contributed by atoms with E-state index in [2.05, 4.69) is 62.4 Å². The molecule has 2 rings (SSSR count). The molecule has 3 heteroatoms. The Morgan fingerprint density at radius 2 is 1.94 bits per heavy atom. The monoisotopic (exact) mass is 248 g/mol. The number of hydrogen-bond donors (Lipinski definition) is 1. The Hall–Kier alpha value is -1.06. The fraction of sp³-hybridized carbons (Fsp3) is 0.600. The topological polar surface area (TPSA) is 24.5 Å². The van der Waals surface area contributed by atoms with Gasteiger partial charge < -0.3 is 15.0 Å². The van der Waals surface area contributed by atoms with Gasteiger partial charge in [-0.2, -0.15) is 0 Å². The van der Waals surface area contributed by atoms with Crippen molar-refractivity contribution in [2.75, 3.05) is 25.6 Å². The van der Waals surface area contributed by atoms with E-state index in [0.29, 0.717) is 18.2 Å². The van der Waals surface area contributed by atoms with Gasteiger partial charge in [0.2, 0.25) is 0 Å². The first-order valence-corrected chi connectivity index (χ1v) is 6.73. The van der Waals surface area contributed by atoms with Crippen LogP contribution in [0.3, 0.4) is 0 Å². The van der Waals surface area contributed by atoms with E-state index in [0.717, 1.165) is 13.0 Å². The van der Waals surface area contributed by atoms with Crippen LogP contribution in [0.5, 0.6) is 0 Å². The first kappa shape index (κ1) is 13.4. The molecule has 1 aliphatic heterocycles. The number of rotatable bonds is 4. The van der Waals surface area contributed by atoms with Crippen LogP contribution in [0, 0.1) is 0 Å². The highest BCUT2D eigenvalue weighted by Crippen LogP contribution is 2.21. The van der Waals surface area contributed by atoms with E-state index in [1.54, 1.807) is 0 Å². The summed E-state index contributed by atoms with van der Waals surface area (Å²) >= 11 is 0. The predicted molar refractivity (Wildman–Crippen MR) is 76.1 cm³/mol. The molecule has 0 aromatic heterocycles. The maximum atomic E-state index is 5.58. The Morgan fingerprint density at radius 3 is 2.44 bits per heavy atom. The lowest BCUT2D eigenvalue weighted by atomic mass is 10.0. The van der Waals surface area contributed by atoms with Crippen molar-refractivity contribution in [3.05, 3.63) is 29.8 Å². The standard InChI is InChI=1S/C15H24N2O/c1-11(16-15-9-10-18-12(15)2)13-5-7-14(8-6-13)17(3)4/h5-8,11-12,15-16H,9-10H2,1-4H3. The number of ether oxygens (including phenoxy) is 1. The summed E-state index contributed by atoms with van der Waals surface area (Å²) in [6.07, 6.45) is 1.44. The molecule has 1 aromatic rings. The third-order valence-electron chi connectivity index (χ3n) is 3.75. The molecule has 18 heavy (non-hydrogen) atoms. The van der Waals surface area contributed by atoms with Crippen LogP contribution in [0.1, 0.15) is 31.9 Å². The number of anilines is 1. The number of nitrogens with one attached hydrogen (secondary N) is 1. The molecular weight excluding hydrogens is 224 g/mol. The van der Waals surface area contributed by atoms with Crippen LogP contribution in [0.4, 0.5) is 5.69 Å². The van der Waals surface area contributed by atoms with Crippen LogP contribution in [0.25, 0.3) is 0 Å². The molecule has 0 aliphatic carbocycles. The lowest BCUT2D eigenvalue weighted by Gasteiger charge is -2.22. The lowest BCUT2D eigenvalue weighted by Crippen LogP contribution is -2.36. The van der Waals surface area contributed by atoms with Gasteiger partial charge in [-0.15, -0.1) is 0 Å². The summed E-state index contributed by atoms with van der Waals surface area (Å²) in [5.74, 6) is 0. The normalized spacial score (nSPS) is 25.1. The molecule has 3 atom stereocenters. The summed E-state index contributed by atoms with van der Waals surface area (Å²) in [5.41, 5.74) is 2.57. The Morgan fingerprint density at radius 1 is 1.28 bits per heavy atom. The highest BCUT2D eigenvalue weighted by molar-refractivity contribution is 5.46. The first-order valence-electron chi connectivity index (χ1n) is 6.73. The first-order chi connectivity index (χ1) is 8.58. The zero-order valence-electron chi connectivity index (χ0n) is 11.8. The summed E-state index contributed by atoms with van der Waals surface area (Å²) in [6.45, 7) is 5.24. The SMILES string of the molecule is CC(NC1CCOC1C)c1ccc(N(C)C)cc1. The minimum Gasteiger partial charge on any atom is -0.378 e. The van der Waals surface area contributed by atoms with Crippen molar-refractivity contribution >= 4 is 5.69 Å². The van der Waals surface area contributed by atoms with Crippen molar-refractivity contribution in [2.24, 2.45) is 0 Å². The molecular formula is C15H24N2O. The van der Waals surface area contributed by atoms with Gasteiger partial charge in [-0.05, 0) is 38.0 Å². The van der Waals surface area contributed by atoms with E-state index in [9.17, 15) is 0 Å². The van der Waals surface area contributed by atoms with Gasteiger partial charge in [0.15, 0.2) is 0 Å². The van der Waals surface area contributed by atoms with Crippen LogP contribution in [0.15, 0.2) is 24.3 Å². The zero-order chi connectivity index (χ0) is 13.1. The van der Waals surface area contributed by atoms with E-state index in [1.165, 1.54) is 11.3 Å². The molecule has 100 valence electrons. The molecule has 1 aromatic carbocycles. The molecule has 0 spiro atoms. The molecule has 1 fully saturated rings. The fourth-order valence-corrected chi connectivity index (χ4v) is 2.43. The van der Waals surface area contributed by atoms with E-state index < -0.39 is 0 Å². The molecule has 0 amide bonds. The smallest absolute Gasteiger partial charge is 0.0700 e. The minimum absolute atomic E-state index is 0.327. The molecule has 0 saturated carbocycles. The summed E-state index contributed by atoms with van der Waals surface area (Å²) in [4.78, 5) is 2.12. The number of hydrogen-bond acceptors (Lipinski definition) is 3. The maximum absolute atomic E-state index is 5.58. The van der Waals surface area contributed by atoms with Crippen LogP contribution in [-0.4, -0.2) is 32.8 Å². The van der Waals surface area contributed by atoms with Gasteiger partial charge in [0.05, 0.1) is 6.10 Å². The predicted octanol–water partition coefficient (Wildman–Crippen LogP) is 2.58. The molecule has 1 heterocycles. The third-order valence-corrected chi connectivity index (χ3v) is 3.75. The molecule has 3 nitrogen and oxygen atoms in total. The Bertz CT molecular complexity index is 375. The summed E-state index contributed by atoms with van der Waals surface area (Å²) in [5, 5.41) is 3.65. The van der Waals surface area contributed by atoms with E-state index in [-0.39, 0.29) is 0 Å². The molecule has 0 radical (unpaired) electrons. The van der Waals surface area contributed by atoms with E-state index in [1.807, 2.05) is 0 Å². The van der Waals surface area contributed by atoms with Gasteiger partial charge in [-0.3, -0.25) is 0 Å². The van der Waals surface area contributed by atoms with Gasteiger partial charge in [0, 0.05) is 38.5 Å². The van der Waals surface area contributed by atoms with Crippen LogP contribution in [0.2, 0.25) is 0 Å². The van der Waals surface area contributed by atoms with E-state index >= 15 is 0 Å². The highest BCUT2D eigenvalue weighted by Gasteiger charge is 2.25. The summed E-state index contributed by atoms with van der Waals surface area (Å²) < 4.78 is 5.58. The van der Waals surface area contributed by atoms with Crippen LogP contribution < -0.4 is 10.2 Å². The molecule has 1 aliphatic rings. The Balaban J connectivity index is 1.98. The second-order valence-corrected chi connectivity index (χ2v) is 5.35. The van der Waals surface area contributed by atoms with Gasteiger partial charge in [0.25, 0.3) is 0 Å². The average Bonchev–Trinajstić information content (AvgIpc) is 2.75. The van der Waals surface area contributed by atoms with Crippen LogP contribution in [-0.2, 0) is 4.74 Å². The number of benzene rings is 1. The second-order valence-electron chi connectivity index (χ2n) is 5.35. The van der Waals surface area contributed by atoms with Crippen LogP contribution >= 0.6 is 0 Å². The van der Waals surface area contributed by atoms with Crippen molar-refractivity contribution in [2.45, 2.75) is 38.5 Å². The molecule has 1 saturated heterocycles. The summed E-state index contributed by atoms with van der Waals surface area (Å²) in [6, 6.07) is 9.59. The Kier molecular flexibility index (Phi) is 4.25. The highest BCUT2D eigenvalue weighted by atomic mass is 16.5. The summed E-state index contributed by atoms with van der Waals surface area (Å²) in [7, 11) is 4.13. The lowest BCUT2D eigenvalue weighted by molar-refractivity contribution is 0.111. The van der Waals surface area contributed by atoms with E-state index in [4.69, 9.17) is 4.74 Å².